The predicted octanol–water partition coefficient (Wildman–Crippen LogP) is 2.61. The van der Waals surface area contributed by atoms with E-state index in [1.54, 1.807) is 0 Å². The largest absolute Gasteiger partial charge is 0.322 e. The van der Waals surface area contributed by atoms with Crippen molar-refractivity contribution >= 4 is 27.6 Å². The second kappa shape index (κ2) is 6.65. The molecule has 0 spiro atoms. The number of nitrogens with two attached hydrogens (primary N) is 1. The number of hydrazine groups is 1. The van der Waals surface area contributed by atoms with Crippen molar-refractivity contribution in [2.24, 2.45) is 16.8 Å². The van der Waals surface area contributed by atoms with Gasteiger partial charge in [-0.15, -0.1) is 0 Å². The van der Waals surface area contributed by atoms with Gasteiger partial charge in [0.1, 0.15) is 5.82 Å². The van der Waals surface area contributed by atoms with Crippen LogP contribution in [0.4, 0.5) is 14.5 Å². The summed E-state index contributed by atoms with van der Waals surface area (Å²) in [6.45, 7) is 4.52. The lowest BCUT2D eigenvalue weighted by atomic mass is 10.2. The number of benzene rings is 1. The van der Waals surface area contributed by atoms with Gasteiger partial charge in [-0.3, -0.25) is 10.4 Å². The number of rotatable bonds is 3. The van der Waals surface area contributed by atoms with Crippen molar-refractivity contribution in [1.29, 1.82) is 0 Å². The van der Waals surface area contributed by atoms with Gasteiger partial charge in [0.25, 0.3) is 0 Å². The first-order chi connectivity index (χ1) is 8.43. The highest BCUT2D eigenvalue weighted by molar-refractivity contribution is 9.10. The van der Waals surface area contributed by atoms with Crippen LogP contribution in [0.15, 0.2) is 21.6 Å². The molecule has 1 rings (SSSR count). The van der Waals surface area contributed by atoms with Gasteiger partial charge in [0.15, 0.2) is 5.82 Å². The lowest BCUT2D eigenvalue weighted by molar-refractivity contribution is 0.584. The van der Waals surface area contributed by atoms with Crippen LogP contribution in [0, 0.1) is 17.6 Å². The van der Waals surface area contributed by atoms with Gasteiger partial charge in [0.05, 0.1) is 5.69 Å². The average molecular weight is 321 g/mol. The standard InChI is InChI=1S/C11H15BrF2N4/c1-6(2)5-16-11(18-15)17-10-8(12)3-7(13)4-9(10)14/h3-4,6H,5,15H2,1-2H3,(H2,16,17,18). The average Bonchev–Trinajstić information content (AvgIpc) is 2.26. The Morgan fingerprint density at radius 1 is 1.44 bits per heavy atom. The molecule has 0 aliphatic heterocycles. The maximum absolute atomic E-state index is 13.6. The van der Waals surface area contributed by atoms with Gasteiger partial charge in [-0.25, -0.2) is 14.6 Å². The van der Waals surface area contributed by atoms with E-state index in [2.05, 4.69) is 31.7 Å². The van der Waals surface area contributed by atoms with Crippen LogP contribution in [0.25, 0.3) is 0 Å². The second-order valence-corrected chi connectivity index (χ2v) is 4.95. The molecule has 18 heavy (non-hydrogen) atoms. The second-order valence-electron chi connectivity index (χ2n) is 4.10. The van der Waals surface area contributed by atoms with Crippen LogP contribution in [0.1, 0.15) is 13.8 Å². The van der Waals surface area contributed by atoms with Crippen molar-refractivity contribution in [3.63, 3.8) is 0 Å². The Bertz CT molecular complexity index is 426. The molecule has 4 N–H and O–H groups in total. The van der Waals surface area contributed by atoms with E-state index >= 15 is 0 Å². The van der Waals surface area contributed by atoms with Gasteiger partial charge in [0.2, 0.25) is 5.96 Å². The van der Waals surface area contributed by atoms with Crippen LogP contribution in [0.5, 0.6) is 0 Å². The van der Waals surface area contributed by atoms with Crippen LogP contribution in [0.3, 0.4) is 0 Å². The highest BCUT2D eigenvalue weighted by atomic mass is 79.9. The van der Waals surface area contributed by atoms with Gasteiger partial charge < -0.3 is 5.32 Å². The van der Waals surface area contributed by atoms with Crippen LogP contribution in [-0.2, 0) is 0 Å². The molecule has 7 heteroatoms. The molecular formula is C11H15BrF2N4. The number of aliphatic imine (C=N–C) groups is 1. The molecule has 0 aromatic heterocycles. The molecular weight excluding hydrogens is 306 g/mol. The third-order valence-corrected chi connectivity index (χ3v) is 2.63. The first-order valence-corrected chi connectivity index (χ1v) is 6.16. The molecule has 0 heterocycles. The van der Waals surface area contributed by atoms with Gasteiger partial charge in [-0.05, 0) is 27.9 Å². The molecule has 0 amide bonds. The summed E-state index contributed by atoms with van der Waals surface area (Å²) in [5, 5.41) is 2.67. The van der Waals surface area contributed by atoms with E-state index in [-0.39, 0.29) is 16.1 Å². The van der Waals surface area contributed by atoms with E-state index in [4.69, 9.17) is 5.84 Å². The van der Waals surface area contributed by atoms with E-state index in [1.165, 1.54) is 0 Å². The first-order valence-electron chi connectivity index (χ1n) is 5.36. The maximum Gasteiger partial charge on any atom is 0.210 e. The SMILES string of the molecule is CC(C)CN=C(NN)Nc1c(F)cc(F)cc1Br. The Balaban J connectivity index is 2.92. The first kappa shape index (κ1) is 14.8. The van der Waals surface area contributed by atoms with Gasteiger partial charge in [-0.2, -0.15) is 0 Å². The Labute approximate surface area is 113 Å². The van der Waals surface area contributed by atoms with Crippen LogP contribution < -0.4 is 16.6 Å². The summed E-state index contributed by atoms with van der Waals surface area (Å²) in [5.74, 6) is 4.46. The molecule has 0 atom stereocenters. The number of anilines is 1. The lowest BCUT2D eigenvalue weighted by Crippen LogP contribution is -2.37. The summed E-state index contributed by atoms with van der Waals surface area (Å²) in [6.07, 6.45) is 0. The van der Waals surface area contributed by atoms with E-state index in [9.17, 15) is 8.78 Å². The van der Waals surface area contributed by atoms with Gasteiger partial charge >= 0.3 is 0 Å². The van der Waals surface area contributed by atoms with Crippen molar-refractivity contribution in [3.8, 4) is 0 Å². The van der Waals surface area contributed by atoms with E-state index in [0.29, 0.717) is 12.5 Å². The van der Waals surface area contributed by atoms with Gasteiger partial charge in [0, 0.05) is 17.1 Å². The number of nitrogens with zero attached hydrogens (tertiary/aromatic N) is 1. The normalized spacial score (nSPS) is 11.8. The van der Waals surface area contributed by atoms with Crippen molar-refractivity contribution in [2.45, 2.75) is 13.8 Å². The molecule has 0 saturated heterocycles. The minimum Gasteiger partial charge on any atom is -0.322 e. The Kier molecular flexibility index (Phi) is 5.49. The van der Waals surface area contributed by atoms with Gasteiger partial charge in [-0.1, -0.05) is 13.8 Å². The third kappa shape index (κ3) is 4.23. The number of hydrogen-bond donors (Lipinski definition) is 3. The molecule has 0 saturated carbocycles. The monoisotopic (exact) mass is 320 g/mol. The number of nitrogens with one attached hydrogen (secondary N) is 2. The van der Waals surface area contributed by atoms with Crippen LogP contribution in [0.2, 0.25) is 0 Å². The van der Waals surface area contributed by atoms with E-state index < -0.39 is 11.6 Å². The molecule has 0 bridgehead atoms. The molecule has 0 unspecified atom stereocenters. The van der Waals surface area contributed by atoms with Crippen molar-refractivity contribution in [1.82, 2.24) is 5.43 Å². The number of halogens is 3. The molecule has 0 radical (unpaired) electrons. The summed E-state index contributed by atoms with van der Waals surface area (Å²) < 4.78 is 26.7. The summed E-state index contributed by atoms with van der Waals surface area (Å²) in [4.78, 5) is 4.13. The molecule has 0 aliphatic carbocycles. The van der Waals surface area contributed by atoms with E-state index in [0.717, 1.165) is 12.1 Å². The third-order valence-electron chi connectivity index (χ3n) is 2.00. The molecule has 0 fully saturated rings. The molecule has 1 aromatic carbocycles. The maximum atomic E-state index is 13.6. The lowest BCUT2D eigenvalue weighted by Gasteiger charge is -2.12. The smallest absolute Gasteiger partial charge is 0.210 e. The Morgan fingerprint density at radius 2 is 2.11 bits per heavy atom. The van der Waals surface area contributed by atoms with Crippen molar-refractivity contribution in [3.05, 3.63) is 28.2 Å². The number of hydrogen-bond acceptors (Lipinski definition) is 2. The number of guanidine groups is 1. The zero-order valence-electron chi connectivity index (χ0n) is 10.1. The van der Waals surface area contributed by atoms with E-state index in [1.807, 2.05) is 13.8 Å². The fourth-order valence-corrected chi connectivity index (χ4v) is 1.68. The Hall–Kier alpha value is -1.21. The zero-order valence-corrected chi connectivity index (χ0v) is 11.7. The van der Waals surface area contributed by atoms with Crippen molar-refractivity contribution < 1.29 is 8.78 Å². The minimum atomic E-state index is -0.727. The zero-order chi connectivity index (χ0) is 13.7. The van der Waals surface area contributed by atoms with Crippen molar-refractivity contribution in [2.75, 3.05) is 11.9 Å². The molecule has 0 aliphatic rings. The molecule has 4 nitrogen and oxygen atoms in total. The summed E-state index contributed by atoms with van der Waals surface area (Å²) in [6, 6.07) is 1.94. The van der Waals surface area contributed by atoms with Crippen LogP contribution >= 0.6 is 15.9 Å². The minimum absolute atomic E-state index is 0.0804. The topological polar surface area (TPSA) is 62.4 Å². The Morgan fingerprint density at radius 3 is 2.61 bits per heavy atom. The quantitative estimate of drug-likeness (QED) is 0.347. The summed E-state index contributed by atoms with van der Waals surface area (Å²) >= 11 is 3.07. The fourth-order valence-electron chi connectivity index (χ4n) is 1.18. The highest BCUT2D eigenvalue weighted by Crippen LogP contribution is 2.26. The molecule has 1 aromatic rings. The molecule has 100 valence electrons. The highest BCUT2D eigenvalue weighted by Gasteiger charge is 2.11. The van der Waals surface area contributed by atoms with Crippen LogP contribution in [-0.4, -0.2) is 12.5 Å². The summed E-state index contributed by atoms with van der Waals surface area (Å²) in [7, 11) is 0. The summed E-state index contributed by atoms with van der Waals surface area (Å²) in [5.41, 5.74) is 2.41. The predicted molar refractivity (Wildman–Crippen MR) is 72.1 cm³/mol. The fraction of sp³-hybridized carbons (Fsp3) is 0.364.